The van der Waals surface area contributed by atoms with Crippen molar-refractivity contribution in [2.24, 2.45) is 11.7 Å². The lowest BCUT2D eigenvalue weighted by molar-refractivity contribution is -0.131. The van der Waals surface area contributed by atoms with Gasteiger partial charge < -0.3 is 16.4 Å². The van der Waals surface area contributed by atoms with E-state index in [1.165, 1.54) is 6.92 Å². The van der Waals surface area contributed by atoms with Crippen molar-refractivity contribution < 1.29 is 14.4 Å². The Bertz CT molecular complexity index is 401. The van der Waals surface area contributed by atoms with Crippen LogP contribution in [0, 0.1) is 17.2 Å². The van der Waals surface area contributed by atoms with Crippen molar-refractivity contribution in [2.45, 2.75) is 52.1 Å². The molecule has 0 fully saturated rings. The molecule has 0 aromatic heterocycles. The molecule has 0 aliphatic carbocycles. The number of unbranched alkanes of at least 4 members (excludes halogenated alkanes) is 1. The van der Waals surface area contributed by atoms with Gasteiger partial charge >= 0.3 is 0 Å². The topological polar surface area (TPSA) is 125 Å². The molecule has 0 aliphatic heterocycles. The summed E-state index contributed by atoms with van der Waals surface area (Å²) in [5.41, 5.74) is 5.22. The third-order valence-corrected chi connectivity index (χ3v) is 2.75. The van der Waals surface area contributed by atoms with E-state index in [1.54, 1.807) is 13.8 Å². The highest BCUT2D eigenvalue weighted by Crippen LogP contribution is 2.05. The summed E-state index contributed by atoms with van der Waals surface area (Å²) in [6, 6.07) is 0.415. The molecule has 20 heavy (non-hydrogen) atoms. The van der Waals surface area contributed by atoms with Gasteiger partial charge in [-0.05, 0) is 18.8 Å². The van der Waals surface area contributed by atoms with Gasteiger partial charge in [0.25, 0.3) is 0 Å². The SMILES string of the molecule is CC(=O)N[C@@H](C(=O)N[C@@H](CCCC#N)C(N)=O)C(C)C. The van der Waals surface area contributed by atoms with E-state index in [0.717, 1.165) is 0 Å². The van der Waals surface area contributed by atoms with Gasteiger partial charge in [0.2, 0.25) is 17.7 Å². The highest BCUT2D eigenvalue weighted by atomic mass is 16.2. The number of hydrogen-bond acceptors (Lipinski definition) is 4. The molecule has 0 saturated heterocycles. The van der Waals surface area contributed by atoms with Crippen LogP contribution in [0.3, 0.4) is 0 Å². The van der Waals surface area contributed by atoms with Crippen LogP contribution in [-0.4, -0.2) is 29.8 Å². The molecule has 0 saturated carbocycles. The fourth-order valence-electron chi connectivity index (χ4n) is 1.69. The second-order valence-electron chi connectivity index (χ2n) is 4.94. The molecule has 7 nitrogen and oxygen atoms in total. The summed E-state index contributed by atoms with van der Waals surface area (Å²) in [6.07, 6.45) is 1.06. The molecule has 0 radical (unpaired) electrons. The summed E-state index contributed by atoms with van der Waals surface area (Å²) >= 11 is 0. The lowest BCUT2D eigenvalue weighted by atomic mass is 10.0. The molecule has 0 aliphatic rings. The molecular weight excluding hydrogens is 260 g/mol. The maximum absolute atomic E-state index is 12.1. The fourth-order valence-corrected chi connectivity index (χ4v) is 1.69. The molecular formula is C13H22N4O3. The van der Waals surface area contributed by atoms with E-state index in [2.05, 4.69) is 10.6 Å². The average molecular weight is 282 g/mol. The van der Waals surface area contributed by atoms with Crippen molar-refractivity contribution in [3.8, 4) is 6.07 Å². The standard InChI is InChI=1S/C13H22N4O3/c1-8(2)11(16-9(3)18)13(20)17-10(12(15)19)6-4-5-7-14/h8,10-11H,4-6H2,1-3H3,(H2,15,19)(H,16,18)(H,17,20)/t10-,11+/m0/s1. The molecule has 112 valence electrons. The maximum Gasteiger partial charge on any atom is 0.243 e. The van der Waals surface area contributed by atoms with E-state index in [-0.39, 0.29) is 11.8 Å². The molecule has 3 amide bonds. The zero-order chi connectivity index (χ0) is 15.7. The third kappa shape index (κ3) is 6.73. The van der Waals surface area contributed by atoms with Crippen LogP contribution in [0.1, 0.15) is 40.0 Å². The van der Waals surface area contributed by atoms with E-state index in [0.29, 0.717) is 19.3 Å². The van der Waals surface area contributed by atoms with Crippen molar-refractivity contribution in [1.82, 2.24) is 10.6 Å². The minimum absolute atomic E-state index is 0.119. The van der Waals surface area contributed by atoms with Gasteiger partial charge in [-0.3, -0.25) is 14.4 Å². The lowest BCUT2D eigenvalue weighted by Gasteiger charge is -2.23. The average Bonchev–Trinajstić information content (AvgIpc) is 2.33. The molecule has 0 bridgehead atoms. The van der Waals surface area contributed by atoms with Gasteiger partial charge in [0.1, 0.15) is 12.1 Å². The Labute approximate surface area is 118 Å². The Morgan fingerprint density at radius 3 is 2.25 bits per heavy atom. The quantitative estimate of drug-likeness (QED) is 0.533. The number of primary amides is 1. The summed E-state index contributed by atoms with van der Waals surface area (Å²) < 4.78 is 0. The van der Waals surface area contributed by atoms with Crippen molar-refractivity contribution >= 4 is 17.7 Å². The van der Waals surface area contributed by atoms with E-state index in [1.807, 2.05) is 6.07 Å². The number of carbonyl (C=O) groups excluding carboxylic acids is 3. The number of nitrogens with zero attached hydrogens (tertiary/aromatic N) is 1. The number of rotatable bonds is 8. The molecule has 0 spiro atoms. The summed E-state index contributed by atoms with van der Waals surface area (Å²) in [6.45, 7) is 4.89. The first-order valence-corrected chi connectivity index (χ1v) is 6.53. The van der Waals surface area contributed by atoms with E-state index >= 15 is 0 Å². The summed E-state index contributed by atoms with van der Waals surface area (Å²) in [4.78, 5) is 34.4. The summed E-state index contributed by atoms with van der Waals surface area (Å²) in [5, 5.41) is 13.5. The Kier molecular flexibility index (Phi) is 7.97. The Balaban J connectivity index is 4.66. The first-order valence-electron chi connectivity index (χ1n) is 6.53. The number of nitriles is 1. The Hall–Kier alpha value is -2.10. The highest BCUT2D eigenvalue weighted by Gasteiger charge is 2.26. The minimum atomic E-state index is -0.828. The highest BCUT2D eigenvalue weighted by molar-refractivity contribution is 5.91. The van der Waals surface area contributed by atoms with E-state index in [4.69, 9.17) is 11.0 Å². The molecule has 0 aromatic carbocycles. The van der Waals surface area contributed by atoms with Gasteiger partial charge in [-0.15, -0.1) is 0 Å². The molecule has 0 heterocycles. The van der Waals surface area contributed by atoms with Crippen LogP contribution >= 0.6 is 0 Å². The van der Waals surface area contributed by atoms with E-state index in [9.17, 15) is 14.4 Å². The van der Waals surface area contributed by atoms with Crippen molar-refractivity contribution in [3.05, 3.63) is 0 Å². The minimum Gasteiger partial charge on any atom is -0.368 e. The monoisotopic (exact) mass is 282 g/mol. The number of hydrogen-bond donors (Lipinski definition) is 3. The van der Waals surface area contributed by atoms with Gasteiger partial charge in [-0.1, -0.05) is 13.8 Å². The first kappa shape index (κ1) is 17.9. The van der Waals surface area contributed by atoms with Crippen LogP contribution in [0.2, 0.25) is 0 Å². The maximum atomic E-state index is 12.1. The third-order valence-electron chi connectivity index (χ3n) is 2.75. The van der Waals surface area contributed by atoms with Crippen molar-refractivity contribution in [2.75, 3.05) is 0 Å². The lowest BCUT2D eigenvalue weighted by Crippen LogP contribution is -2.54. The van der Waals surface area contributed by atoms with Crippen molar-refractivity contribution in [1.29, 1.82) is 5.26 Å². The second-order valence-corrected chi connectivity index (χ2v) is 4.94. The van der Waals surface area contributed by atoms with Gasteiger partial charge in [-0.2, -0.15) is 5.26 Å². The number of nitrogens with one attached hydrogen (secondary N) is 2. The van der Waals surface area contributed by atoms with Gasteiger partial charge in [0.15, 0.2) is 0 Å². The molecule has 4 N–H and O–H groups in total. The first-order chi connectivity index (χ1) is 9.29. The molecule has 0 rings (SSSR count). The van der Waals surface area contributed by atoms with Crippen molar-refractivity contribution in [3.63, 3.8) is 0 Å². The fraction of sp³-hybridized carbons (Fsp3) is 0.692. The van der Waals surface area contributed by atoms with Crippen LogP contribution < -0.4 is 16.4 Å². The van der Waals surface area contributed by atoms with Gasteiger partial charge in [-0.25, -0.2) is 0 Å². The number of nitrogens with two attached hydrogens (primary N) is 1. The molecule has 0 aromatic rings. The summed E-state index contributed by atoms with van der Waals surface area (Å²) in [5.74, 6) is -1.54. The van der Waals surface area contributed by atoms with Crippen LogP contribution in [0.5, 0.6) is 0 Å². The summed E-state index contributed by atoms with van der Waals surface area (Å²) in [7, 11) is 0. The van der Waals surface area contributed by atoms with Crippen LogP contribution in [0.25, 0.3) is 0 Å². The zero-order valence-corrected chi connectivity index (χ0v) is 12.1. The van der Waals surface area contributed by atoms with Crippen LogP contribution in [0.4, 0.5) is 0 Å². The second kappa shape index (κ2) is 8.91. The van der Waals surface area contributed by atoms with Gasteiger partial charge in [0.05, 0.1) is 6.07 Å². The predicted molar refractivity (Wildman–Crippen MR) is 73.0 cm³/mol. The molecule has 2 atom stereocenters. The molecule has 0 unspecified atom stereocenters. The molecule has 7 heteroatoms. The normalized spacial score (nSPS) is 13.2. The van der Waals surface area contributed by atoms with Gasteiger partial charge in [0, 0.05) is 13.3 Å². The Morgan fingerprint density at radius 1 is 1.25 bits per heavy atom. The van der Waals surface area contributed by atoms with Crippen LogP contribution in [0.15, 0.2) is 0 Å². The number of carbonyl (C=O) groups is 3. The zero-order valence-electron chi connectivity index (χ0n) is 12.1. The predicted octanol–water partition coefficient (Wildman–Crippen LogP) is -0.189. The van der Waals surface area contributed by atoms with E-state index < -0.39 is 23.9 Å². The smallest absolute Gasteiger partial charge is 0.243 e. The van der Waals surface area contributed by atoms with Crippen LogP contribution in [-0.2, 0) is 14.4 Å². The largest absolute Gasteiger partial charge is 0.368 e. The Morgan fingerprint density at radius 2 is 1.85 bits per heavy atom. The number of amides is 3.